The molecule has 1 N–H and O–H groups in total. The van der Waals surface area contributed by atoms with Crippen molar-refractivity contribution in [3.63, 3.8) is 0 Å². The molecule has 3 aromatic carbocycles. The zero-order valence-electron chi connectivity index (χ0n) is 16.9. The van der Waals surface area contributed by atoms with E-state index in [1.807, 2.05) is 0 Å². The first-order chi connectivity index (χ1) is 15.6. The zero-order chi connectivity index (χ0) is 24.0. The Kier molecular flexibility index (Phi) is 8.75. The van der Waals surface area contributed by atoms with Crippen LogP contribution in [0.15, 0.2) is 76.7 Å². The van der Waals surface area contributed by atoms with Crippen LogP contribution in [0.25, 0.3) is 0 Å². The number of rotatable bonds is 8. The molecular formula is C22H17Cl4N3O3S. The lowest BCUT2D eigenvalue weighted by Gasteiger charge is -2.22. The van der Waals surface area contributed by atoms with Gasteiger partial charge in [-0.25, -0.2) is 13.8 Å². The normalized spacial score (nSPS) is 11.8. The van der Waals surface area contributed by atoms with Gasteiger partial charge >= 0.3 is 0 Å². The van der Waals surface area contributed by atoms with Gasteiger partial charge in [0.15, 0.2) is 0 Å². The molecule has 3 aromatic rings. The number of carbonyl (C=O) groups excluding carboxylic acids is 1. The molecule has 3 rings (SSSR count). The van der Waals surface area contributed by atoms with Gasteiger partial charge in [0.25, 0.3) is 5.91 Å². The number of sulfonamides is 1. The average molecular weight is 545 g/mol. The summed E-state index contributed by atoms with van der Waals surface area (Å²) in [6.07, 6.45) is 1.42. The smallest absolute Gasteiger partial charge is 0.255 e. The number of hydrazone groups is 1. The fourth-order valence-electron chi connectivity index (χ4n) is 2.74. The Balaban J connectivity index is 1.82. The molecule has 0 bridgehead atoms. The number of nitrogens with zero attached hydrogens (tertiary/aromatic N) is 2. The predicted molar refractivity (Wildman–Crippen MR) is 133 cm³/mol. The van der Waals surface area contributed by atoms with Crippen molar-refractivity contribution in [3.8, 4) is 0 Å². The first-order valence-electron chi connectivity index (χ1n) is 9.42. The second kappa shape index (κ2) is 11.3. The minimum Gasteiger partial charge on any atom is -0.272 e. The van der Waals surface area contributed by atoms with Crippen molar-refractivity contribution < 1.29 is 13.2 Å². The lowest BCUT2D eigenvalue weighted by atomic mass is 10.2. The van der Waals surface area contributed by atoms with Crippen LogP contribution >= 0.6 is 46.4 Å². The summed E-state index contributed by atoms with van der Waals surface area (Å²) in [7, 11) is -4.06. The highest BCUT2D eigenvalue weighted by atomic mass is 35.5. The van der Waals surface area contributed by atoms with Crippen molar-refractivity contribution in [2.45, 2.75) is 11.4 Å². The van der Waals surface area contributed by atoms with Gasteiger partial charge in [-0.1, -0.05) is 64.6 Å². The monoisotopic (exact) mass is 543 g/mol. The molecule has 0 unspecified atom stereocenters. The van der Waals surface area contributed by atoms with Gasteiger partial charge in [0.05, 0.1) is 17.7 Å². The summed E-state index contributed by atoms with van der Waals surface area (Å²) in [5.41, 5.74) is 3.52. The molecule has 0 saturated heterocycles. The molecule has 172 valence electrons. The molecule has 1 amide bonds. The molecule has 11 heteroatoms. The number of carbonyl (C=O) groups is 1. The van der Waals surface area contributed by atoms with E-state index in [0.717, 1.165) is 4.31 Å². The topological polar surface area (TPSA) is 78.8 Å². The largest absolute Gasteiger partial charge is 0.272 e. The maximum atomic E-state index is 13.3. The van der Waals surface area contributed by atoms with Crippen LogP contribution in [0.1, 0.15) is 11.1 Å². The van der Waals surface area contributed by atoms with E-state index >= 15 is 0 Å². The Morgan fingerprint density at radius 3 is 2.06 bits per heavy atom. The number of hydrogen-bond acceptors (Lipinski definition) is 4. The second-order valence-electron chi connectivity index (χ2n) is 6.81. The maximum absolute atomic E-state index is 13.3. The molecule has 0 radical (unpaired) electrons. The fraction of sp³-hybridized carbons (Fsp3) is 0.0909. The van der Waals surface area contributed by atoms with E-state index in [2.05, 4.69) is 10.5 Å². The molecule has 0 aromatic heterocycles. The molecular weight excluding hydrogens is 528 g/mol. The standard InChI is InChI=1S/C22H17Cl4N3O3S/c23-17-4-1-15(2-5-17)12-27-28-22(30)14-29(13-16-3-6-19(25)11-21(16)26)33(31,32)20-9-7-18(24)8-10-20/h1-12H,13-14H2,(H,28,30)/b27-12-. The van der Waals surface area contributed by atoms with Crippen LogP contribution in [-0.4, -0.2) is 31.4 Å². The Hall–Kier alpha value is -2.13. The number of benzene rings is 3. The van der Waals surface area contributed by atoms with E-state index in [-0.39, 0.29) is 16.5 Å². The number of halogens is 4. The van der Waals surface area contributed by atoms with Crippen molar-refractivity contribution in [2.75, 3.05) is 6.54 Å². The summed E-state index contributed by atoms with van der Waals surface area (Å²) in [5.74, 6) is -0.636. The lowest BCUT2D eigenvalue weighted by Crippen LogP contribution is -2.39. The summed E-state index contributed by atoms with van der Waals surface area (Å²) >= 11 is 23.9. The first-order valence-corrected chi connectivity index (χ1v) is 12.4. The number of hydrogen-bond donors (Lipinski definition) is 1. The summed E-state index contributed by atoms with van der Waals surface area (Å²) in [4.78, 5) is 12.5. The van der Waals surface area contributed by atoms with Crippen LogP contribution in [0.4, 0.5) is 0 Å². The first kappa shape index (κ1) is 25.5. The van der Waals surface area contributed by atoms with Crippen LogP contribution in [0.2, 0.25) is 20.1 Å². The van der Waals surface area contributed by atoms with E-state index in [0.29, 0.717) is 26.2 Å². The minimum atomic E-state index is -4.06. The molecule has 0 heterocycles. The number of nitrogens with one attached hydrogen (secondary N) is 1. The zero-order valence-corrected chi connectivity index (χ0v) is 20.7. The maximum Gasteiger partial charge on any atom is 0.255 e. The van der Waals surface area contributed by atoms with Crippen LogP contribution in [0.3, 0.4) is 0 Å². The van der Waals surface area contributed by atoms with Gasteiger partial charge in [-0.3, -0.25) is 4.79 Å². The van der Waals surface area contributed by atoms with E-state index < -0.39 is 22.5 Å². The molecule has 0 atom stereocenters. The van der Waals surface area contributed by atoms with E-state index in [1.54, 1.807) is 36.4 Å². The third kappa shape index (κ3) is 7.17. The second-order valence-corrected chi connectivity index (χ2v) is 10.5. The third-order valence-corrected chi connectivity index (χ3v) is 7.30. The van der Waals surface area contributed by atoms with Crippen LogP contribution in [0, 0.1) is 0 Å². The molecule has 0 aliphatic rings. The average Bonchev–Trinajstić information content (AvgIpc) is 2.76. The van der Waals surface area contributed by atoms with Gasteiger partial charge in [0, 0.05) is 26.6 Å². The highest BCUT2D eigenvalue weighted by Crippen LogP contribution is 2.25. The van der Waals surface area contributed by atoms with Crippen molar-refractivity contribution in [3.05, 3.63) is 97.9 Å². The quantitative estimate of drug-likeness (QED) is 0.294. The Labute approximate surface area is 211 Å². The summed E-state index contributed by atoms with van der Waals surface area (Å²) < 4.78 is 27.5. The van der Waals surface area contributed by atoms with Crippen molar-refractivity contribution >= 4 is 68.5 Å². The molecule has 0 aliphatic carbocycles. The highest BCUT2D eigenvalue weighted by molar-refractivity contribution is 7.89. The van der Waals surface area contributed by atoms with Crippen LogP contribution in [0.5, 0.6) is 0 Å². The Morgan fingerprint density at radius 1 is 0.879 bits per heavy atom. The van der Waals surface area contributed by atoms with E-state index in [4.69, 9.17) is 46.4 Å². The van der Waals surface area contributed by atoms with Crippen LogP contribution in [-0.2, 0) is 21.4 Å². The third-order valence-electron chi connectivity index (χ3n) is 4.41. The summed E-state index contributed by atoms with van der Waals surface area (Å²) in [5, 5.41) is 5.52. The Morgan fingerprint density at radius 2 is 1.45 bits per heavy atom. The summed E-state index contributed by atoms with van der Waals surface area (Å²) in [6, 6.07) is 17.1. The van der Waals surface area contributed by atoms with Gasteiger partial charge in [0.2, 0.25) is 10.0 Å². The molecule has 0 fully saturated rings. The molecule has 6 nitrogen and oxygen atoms in total. The van der Waals surface area contributed by atoms with Gasteiger partial charge in [-0.05, 0) is 59.7 Å². The van der Waals surface area contributed by atoms with Gasteiger partial charge in [-0.2, -0.15) is 9.41 Å². The van der Waals surface area contributed by atoms with Crippen molar-refractivity contribution in [1.29, 1.82) is 0 Å². The summed E-state index contributed by atoms with van der Waals surface area (Å²) in [6.45, 7) is -0.656. The highest BCUT2D eigenvalue weighted by Gasteiger charge is 2.27. The molecule has 0 aliphatic heterocycles. The fourth-order valence-corrected chi connectivity index (χ4v) is 4.84. The van der Waals surface area contributed by atoms with Gasteiger partial charge < -0.3 is 0 Å². The molecule has 0 spiro atoms. The molecule has 0 saturated carbocycles. The minimum absolute atomic E-state index is 0.0190. The predicted octanol–water partition coefficient (Wildman–Crippen LogP) is 5.64. The van der Waals surface area contributed by atoms with Crippen molar-refractivity contribution in [2.24, 2.45) is 5.10 Å². The lowest BCUT2D eigenvalue weighted by molar-refractivity contribution is -0.121. The van der Waals surface area contributed by atoms with Gasteiger partial charge in [0.1, 0.15) is 0 Å². The molecule has 33 heavy (non-hydrogen) atoms. The Bertz CT molecular complexity index is 1270. The van der Waals surface area contributed by atoms with Crippen LogP contribution < -0.4 is 5.43 Å². The van der Waals surface area contributed by atoms with Gasteiger partial charge in [-0.15, -0.1) is 0 Å². The van der Waals surface area contributed by atoms with E-state index in [9.17, 15) is 13.2 Å². The number of amides is 1. The van der Waals surface area contributed by atoms with Crippen molar-refractivity contribution in [1.82, 2.24) is 9.73 Å². The van der Waals surface area contributed by atoms with E-state index in [1.165, 1.54) is 36.5 Å². The SMILES string of the molecule is O=C(CN(Cc1ccc(Cl)cc1Cl)S(=O)(=O)c1ccc(Cl)cc1)N/N=C\c1ccc(Cl)cc1.